The van der Waals surface area contributed by atoms with E-state index in [1.165, 1.54) is 11.1 Å². The molecule has 3 unspecified atom stereocenters. The van der Waals surface area contributed by atoms with Crippen molar-refractivity contribution in [3.63, 3.8) is 0 Å². The molecule has 2 N–H and O–H groups in total. The van der Waals surface area contributed by atoms with E-state index in [4.69, 9.17) is 4.74 Å². The fourth-order valence-corrected chi connectivity index (χ4v) is 7.52. The lowest BCUT2D eigenvalue weighted by Gasteiger charge is -2.56. The van der Waals surface area contributed by atoms with Crippen molar-refractivity contribution in [3.05, 3.63) is 96.1 Å². The minimum Gasteiger partial charge on any atom is -0.481 e. The predicted octanol–water partition coefficient (Wildman–Crippen LogP) is 4.63. The summed E-state index contributed by atoms with van der Waals surface area (Å²) < 4.78 is 6.00. The van der Waals surface area contributed by atoms with E-state index in [0.29, 0.717) is 6.54 Å². The fourth-order valence-electron chi connectivity index (χ4n) is 6.68. The van der Waals surface area contributed by atoms with Crippen LogP contribution in [0.4, 0.5) is 0 Å². The van der Waals surface area contributed by atoms with Gasteiger partial charge in [0.25, 0.3) is 0 Å². The van der Waals surface area contributed by atoms with E-state index in [1.54, 1.807) is 18.9 Å². The number of thioether (sulfide) groups is 1. The van der Waals surface area contributed by atoms with Gasteiger partial charge in [-0.2, -0.15) is 0 Å². The smallest absolute Gasteiger partial charge is 0.308 e. The Morgan fingerprint density at radius 2 is 1.81 bits per heavy atom. The Bertz CT molecular complexity index is 1050. The third kappa shape index (κ3) is 4.68. The number of carbonyl (C=O) groups is 1. The Balaban J connectivity index is 1.51. The lowest BCUT2D eigenvalue weighted by atomic mass is 9.66. The largest absolute Gasteiger partial charge is 0.481 e. The second-order valence-corrected chi connectivity index (χ2v) is 11.1. The maximum Gasteiger partial charge on any atom is 0.308 e. The van der Waals surface area contributed by atoms with Gasteiger partial charge in [0.05, 0.1) is 5.92 Å². The molecule has 6 rings (SSSR count). The summed E-state index contributed by atoms with van der Waals surface area (Å²) in [4.78, 5) is 14.3. The average Bonchev–Trinajstić information content (AvgIpc) is 2.94. The number of nitrogens with zero attached hydrogens (tertiary/aromatic N) is 1. The van der Waals surface area contributed by atoms with E-state index in [9.17, 15) is 9.90 Å². The number of methoxy groups -OCH3 is 1. The van der Waals surface area contributed by atoms with Crippen LogP contribution < -0.4 is 5.32 Å². The van der Waals surface area contributed by atoms with Gasteiger partial charge in [0.2, 0.25) is 0 Å². The minimum absolute atomic E-state index is 0.0507. The third-order valence-electron chi connectivity index (χ3n) is 8.44. The van der Waals surface area contributed by atoms with Crippen LogP contribution in [0.15, 0.2) is 85.0 Å². The van der Waals surface area contributed by atoms with Crippen LogP contribution in [-0.4, -0.2) is 66.0 Å². The lowest BCUT2D eigenvalue weighted by molar-refractivity contribution is -0.152. The molecule has 0 saturated carbocycles. The fraction of sp³-hybridized carbons (Fsp3) is 0.433. The van der Waals surface area contributed by atoms with Crippen molar-refractivity contribution in [1.82, 2.24) is 10.2 Å². The molecule has 0 aromatic heterocycles. The van der Waals surface area contributed by atoms with Crippen molar-refractivity contribution < 1.29 is 14.6 Å². The van der Waals surface area contributed by atoms with Crippen molar-refractivity contribution in [2.45, 2.75) is 29.4 Å². The van der Waals surface area contributed by atoms with Gasteiger partial charge in [-0.25, -0.2) is 0 Å². The van der Waals surface area contributed by atoms with Gasteiger partial charge in [0, 0.05) is 44.1 Å². The first-order chi connectivity index (χ1) is 17.6. The molecule has 2 bridgehead atoms. The Morgan fingerprint density at radius 1 is 1.14 bits per heavy atom. The van der Waals surface area contributed by atoms with Crippen molar-refractivity contribution in [2.75, 3.05) is 33.0 Å². The molecule has 36 heavy (non-hydrogen) atoms. The molecule has 1 aliphatic carbocycles. The van der Waals surface area contributed by atoms with Crippen molar-refractivity contribution in [1.29, 1.82) is 0 Å². The van der Waals surface area contributed by atoms with E-state index < -0.39 is 10.9 Å². The van der Waals surface area contributed by atoms with E-state index in [-0.39, 0.29) is 35.8 Å². The summed E-state index contributed by atoms with van der Waals surface area (Å²) in [5.74, 6) is -0.650. The zero-order chi connectivity index (χ0) is 25.1. The van der Waals surface area contributed by atoms with Crippen LogP contribution >= 0.6 is 11.8 Å². The maximum absolute atomic E-state index is 12.3. The van der Waals surface area contributed by atoms with E-state index in [1.807, 2.05) is 0 Å². The van der Waals surface area contributed by atoms with Crippen molar-refractivity contribution in [3.8, 4) is 0 Å². The molecule has 2 aromatic carbocycles. The van der Waals surface area contributed by atoms with Crippen LogP contribution in [0.5, 0.6) is 0 Å². The molecular formula is C30H36N2O3S. The molecule has 5 nitrogen and oxygen atoms in total. The molecule has 190 valence electrons. The lowest BCUT2D eigenvalue weighted by Crippen LogP contribution is -2.69. The number of piperidine rings is 3. The molecule has 3 heterocycles. The Labute approximate surface area is 218 Å². The summed E-state index contributed by atoms with van der Waals surface area (Å²) in [6.07, 6.45) is 11.5. The normalized spacial score (nSPS) is 33.2. The van der Waals surface area contributed by atoms with Crippen molar-refractivity contribution in [2.24, 2.45) is 17.8 Å². The number of allylic oxidation sites excluding steroid dienone is 2. The number of rotatable bonds is 9. The SMILES string of the molecule is COC1(SC)C=CC=CC1CN[C@H]1[C@H]2CCN(C[C@@H]2C(=O)O)[C@@H]1C(c1ccccc1)c1ccccc1. The molecular weight excluding hydrogens is 468 g/mol. The molecule has 7 atom stereocenters. The summed E-state index contributed by atoms with van der Waals surface area (Å²) in [5, 5.41) is 14.0. The van der Waals surface area contributed by atoms with Gasteiger partial charge in [0.15, 0.2) is 0 Å². The number of aliphatic carboxylic acids is 1. The number of hydrogen-bond acceptors (Lipinski definition) is 5. The zero-order valence-electron chi connectivity index (χ0n) is 21.0. The van der Waals surface area contributed by atoms with Gasteiger partial charge in [-0.15, -0.1) is 11.8 Å². The molecule has 2 aromatic rings. The van der Waals surface area contributed by atoms with E-state index in [0.717, 1.165) is 19.5 Å². The first-order valence-electron chi connectivity index (χ1n) is 12.8. The van der Waals surface area contributed by atoms with Crippen LogP contribution in [-0.2, 0) is 9.53 Å². The number of benzene rings is 2. The van der Waals surface area contributed by atoms with Crippen molar-refractivity contribution >= 4 is 17.7 Å². The predicted molar refractivity (Wildman–Crippen MR) is 146 cm³/mol. The molecule has 0 spiro atoms. The first-order valence-corrected chi connectivity index (χ1v) is 14.1. The second kappa shape index (κ2) is 10.9. The topological polar surface area (TPSA) is 61.8 Å². The number of ether oxygens (including phenoxy) is 1. The number of carboxylic acids is 1. The standard InChI is InChI=1S/C30H36N2O3S/c1-35-30(36-2)17-10-9-15-23(30)19-31-27-24-16-18-32(20-25(24)29(33)34)28(27)26(21-11-5-3-6-12-21)22-13-7-4-8-14-22/h3-15,17,23-28,31H,16,18-20H2,1-2H3,(H,33,34)/t23?,24-,25-,27-,28+,30?/m0/s1. The number of hydrogen-bond donors (Lipinski definition) is 2. The molecule has 4 aliphatic rings. The minimum atomic E-state index is -0.679. The Morgan fingerprint density at radius 3 is 2.39 bits per heavy atom. The van der Waals surface area contributed by atoms with Gasteiger partial charge < -0.3 is 15.2 Å². The van der Waals surface area contributed by atoms with E-state index >= 15 is 0 Å². The van der Waals surface area contributed by atoms with Crippen LogP contribution in [0.3, 0.4) is 0 Å². The summed E-state index contributed by atoms with van der Waals surface area (Å²) in [6.45, 7) is 2.27. The second-order valence-electron chi connectivity index (χ2n) is 10.1. The molecule has 6 heteroatoms. The van der Waals surface area contributed by atoms with Crippen LogP contribution in [0, 0.1) is 17.8 Å². The summed E-state index contributed by atoms with van der Waals surface area (Å²) >= 11 is 1.70. The summed E-state index contributed by atoms with van der Waals surface area (Å²) in [7, 11) is 1.77. The quantitative estimate of drug-likeness (QED) is 0.486. The molecule has 3 saturated heterocycles. The molecule has 0 radical (unpaired) electrons. The number of fused-ring (bicyclic) bond motifs is 3. The molecule has 3 fully saturated rings. The highest BCUT2D eigenvalue weighted by molar-refractivity contribution is 8.00. The highest BCUT2D eigenvalue weighted by Gasteiger charge is 2.52. The summed E-state index contributed by atoms with van der Waals surface area (Å²) in [5.41, 5.74) is 2.55. The number of nitrogens with one attached hydrogen (secondary N) is 1. The zero-order valence-corrected chi connectivity index (χ0v) is 21.8. The van der Waals surface area contributed by atoms with Crippen LogP contribution in [0.2, 0.25) is 0 Å². The monoisotopic (exact) mass is 504 g/mol. The molecule has 3 aliphatic heterocycles. The third-order valence-corrected chi connectivity index (χ3v) is 9.68. The maximum atomic E-state index is 12.3. The van der Waals surface area contributed by atoms with Gasteiger partial charge in [-0.1, -0.05) is 78.9 Å². The summed E-state index contributed by atoms with van der Waals surface area (Å²) in [6, 6.07) is 21.6. The van der Waals surface area contributed by atoms with Crippen LogP contribution in [0.1, 0.15) is 23.5 Å². The Kier molecular flexibility index (Phi) is 7.68. The van der Waals surface area contributed by atoms with Crippen LogP contribution in [0.25, 0.3) is 0 Å². The number of carboxylic acid groups (broad SMARTS) is 1. The van der Waals surface area contributed by atoms with Gasteiger partial charge in [0.1, 0.15) is 4.93 Å². The highest BCUT2D eigenvalue weighted by atomic mass is 32.2. The average molecular weight is 505 g/mol. The first kappa shape index (κ1) is 25.3. The molecule has 0 amide bonds. The highest BCUT2D eigenvalue weighted by Crippen LogP contribution is 2.45. The van der Waals surface area contributed by atoms with E-state index in [2.05, 4.69) is 101 Å². The van der Waals surface area contributed by atoms with Gasteiger partial charge in [-0.3, -0.25) is 9.69 Å². The Hall–Kier alpha value is -2.38. The van der Waals surface area contributed by atoms with Gasteiger partial charge >= 0.3 is 5.97 Å². The van der Waals surface area contributed by atoms with Gasteiger partial charge in [-0.05, 0) is 42.3 Å².